The average molecular weight is 237 g/mol. The van der Waals surface area contributed by atoms with Gasteiger partial charge in [0, 0.05) is 30.1 Å². The summed E-state index contributed by atoms with van der Waals surface area (Å²) in [5.41, 5.74) is 3.00. The zero-order valence-corrected chi connectivity index (χ0v) is 11.4. The molecule has 0 aliphatic heterocycles. The lowest BCUT2D eigenvalue weighted by Crippen LogP contribution is -2.11. The molecule has 3 heteroatoms. The van der Waals surface area contributed by atoms with E-state index in [4.69, 9.17) is 4.74 Å². The largest absolute Gasteiger partial charge is 0.373 e. The summed E-state index contributed by atoms with van der Waals surface area (Å²) in [6.45, 7) is 10.0. The number of Topliss-reactive ketones (excluding diaryl/α,β-unsaturated/α-hetero) is 1. The van der Waals surface area contributed by atoms with Crippen molar-refractivity contribution in [3.8, 4) is 0 Å². The van der Waals surface area contributed by atoms with Gasteiger partial charge in [-0.25, -0.2) is 0 Å². The van der Waals surface area contributed by atoms with Crippen molar-refractivity contribution in [2.24, 2.45) is 0 Å². The maximum absolute atomic E-state index is 12.0. The first-order chi connectivity index (χ1) is 8.11. The number of unbranched alkanes of at least 4 members (excludes halogenated alkanes) is 1. The highest BCUT2D eigenvalue weighted by atomic mass is 16.5. The van der Waals surface area contributed by atoms with Crippen molar-refractivity contribution in [2.75, 3.05) is 13.2 Å². The van der Waals surface area contributed by atoms with E-state index in [1.807, 2.05) is 19.9 Å². The van der Waals surface area contributed by atoms with Crippen LogP contribution in [-0.4, -0.2) is 23.6 Å². The quantitative estimate of drug-likeness (QED) is 0.539. The Morgan fingerprint density at radius 2 is 2.06 bits per heavy atom. The zero-order chi connectivity index (χ0) is 12.8. The van der Waals surface area contributed by atoms with Crippen LogP contribution in [0, 0.1) is 13.8 Å². The molecule has 0 fully saturated rings. The Morgan fingerprint density at radius 1 is 1.35 bits per heavy atom. The number of ketones is 1. The Kier molecular flexibility index (Phi) is 5.42. The molecule has 1 rings (SSSR count). The van der Waals surface area contributed by atoms with Crippen LogP contribution in [0.5, 0.6) is 0 Å². The third kappa shape index (κ3) is 3.43. The molecule has 0 aromatic carbocycles. The lowest BCUT2D eigenvalue weighted by Gasteiger charge is -2.06. The predicted octanol–water partition coefficient (Wildman–Crippen LogP) is 3.12. The van der Waals surface area contributed by atoms with Crippen LogP contribution in [0.2, 0.25) is 0 Å². The fraction of sp³-hybridized carbons (Fsp3) is 0.643. The van der Waals surface area contributed by atoms with E-state index in [1.54, 1.807) is 0 Å². The second-order valence-corrected chi connectivity index (χ2v) is 4.36. The van der Waals surface area contributed by atoms with Crippen LogP contribution in [0.4, 0.5) is 0 Å². The minimum absolute atomic E-state index is 0.0916. The first kappa shape index (κ1) is 14.0. The second-order valence-electron chi connectivity index (χ2n) is 4.36. The SMILES string of the molecule is CCCCOCC(=O)c1cc(C)n(CC)c1C. The Labute approximate surface area is 104 Å². The number of ether oxygens (including phenoxy) is 1. The fourth-order valence-electron chi connectivity index (χ4n) is 2.06. The second kappa shape index (κ2) is 6.60. The van der Waals surface area contributed by atoms with Crippen LogP contribution >= 0.6 is 0 Å². The number of aryl methyl sites for hydroxylation is 1. The maximum Gasteiger partial charge on any atom is 0.190 e. The Balaban J connectivity index is 2.63. The summed E-state index contributed by atoms with van der Waals surface area (Å²) < 4.78 is 7.52. The molecule has 0 saturated carbocycles. The molecule has 0 radical (unpaired) electrons. The summed E-state index contributed by atoms with van der Waals surface area (Å²) in [6.07, 6.45) is 2.11. The van der Waals surface area contributed by atoms with Gasteiger partial charge in [-0.15, -0.1) is 0 Å². The van der Waals surface area contributed by atoms with Crippen LogP contribution in [0.25, 0.3) is 0 Å². The Morgan fingerprint density at radius 3 is 2.59 bits per heavy atom. The van der Waals surface area contributed by atoms with Crippen molar-refractivity contribution in [3.63, 3.8) is 0 Å². The molecule has 1 aromatic rings. The minimum Gasteiger partial charge on any atom is -0.373 e. The molecule has 0 amide bonds. The van der Waals surface area contributed by atoms with E-state index in [-0.39, 0.29) is 12.4 Å². The van der Waals surface area contributed by atoms with Crippen LogP contribution in [0.15, 0.2) is 6.07 Å². The van der Waals surface area contributed by atoms with E-state index in [9.17, 15) is 4.79 Å². The highest BCUT2D eigenvalue weighted by Crippen LogP contribution is 2.15. The molecule has 0 aliphatic rings. The van der Waals surface area contributed by atoms with Crippen molar-refractivity contribution in [1.82, 2.24) is 4.57 Å². The van der Waals surface area contributed by atoms with Gasteiger partial charge in [0.05, 0.1) is 0 Å². The van der Waals surface area contributed by atoms with E-state index in [0.29, 0.717) is 6.61 Å². The molecule has 0 N–H and O–H groups in total. The van der Waals surface area contributed by atoms with Gasteiger partial charge < -0.3 is 9.30 Å². The highest BCUT2D eigenvalue weighted by molar-refractivity contribution is 5.98. The van der Waals surface area contributed by atoms with Crippen LogP contribution in [0.1, 0.15) is 48.4 Å². The molecule has 96 valence electrons. The Hall–Kier alpha value is -1.09. The topological polar surface area (TPSA) is 31.2 Å². The zero-order valence-electron chi connectivity index (χ0n) is 11.4. The van der Waals surface area contributed by atoms with Gasteiger partial charge in [0.15, 0.2) is 5.78 Å². The maximum atomic E-state index is 12.0. The number of carbonyl (C=O) groups is 1. The molecule has 0 saturated heterocycles. The number of carbonyl (C=O) groups excluding carboxylic acids is 1. The summed E-state index contributed by atoms with van der Waals surface area (Å²) in [4.78, 5) is 12.0. The fourth-order valence-corrected chi connectivity index (χ4v) is 2.06. The summed E-state index contributed by atoms with van der Waals surface area (Å²) in [7, 11) is 0. The molecular weight excluding hydrogens is 214 g/mol. The van der Waals surface area contributed by atoms with Crippen molar-refractivity contribution in [2.45, 2.75) is 47.1 Å². The molecule has 17 heavy (non-hydrogen) atoms. The van der Waals surface area contributed by atoms with Gasteiger partial charge in [-0.2, -0.15) is 0 Å². The lowest BCUT2D eigenvalue weighted by atomic mass is 10.1. The van der Waals surface area contributed by atoms with Crippen LogP contribution < -0.4 is 0 Å². The Bertz CT molecular complexity index is 380. The number of rotatable bonds is 7. The molecule has 1 heterocycles. The van der Waals surface area contributed by atoms with Crippen LogP contribution in [-0.2, 0) is 11.3 Å². The number of nitrogens with zero attached hydrogens (tertiary/aromatic N) is 1. The summed E-state index contributed by atoms with van der Waals surface area (Å²) >= 11 is 0. The third-order valence-corrected chi connectivity index (χ3v) is 3.07. The molecule has 0 unspecified atom stereocenters. The van der Waals surface area contributed by atoms with Gasteiger partial charge in [-0.3, -0.25) is 4.79 Å². The summed E-state index contributed by atoms with van der Waals surface area (Å²) in [6, 6.07) is 1.96. The molecule has 0 bridgehead atoms. The molecule has 3 nitrogen and oxygen atoms in total. The lowest BCUT2D eigenvalue weighted by molar-refractivity contribution is 0.0754. The van der Waals surface area contributed by atoms with Crippen molar-refractivity contribution < 1.29 is 9.53 Å². The minimum atomic E-state index is 0.0916. The van der Waals surface area contributed by atoms with Gasteiger partial charge in [0.2, 0.25) is 0 Å². The van der Waals surface area contributed by atoms with E-state index < -0.39 is 0 Å². The molecule has 1 aromatic heterocycles. The van der Waals surface area contributed by atoms with Crippen molar-refractivity contribution in [1.29, 1.82) is 0 Å². The van der Waals surface area contributed by atoms with E-state index >= 15 is 0 Å². The van der Waals surface area contributed by atoms with E-state index in [1.165, 1.54) is 0 Å². The first-order valence-electron chi connectivity index (χ1n) is 6.39. The average Bonchev–Trinajstić information content (AvgIpc) is 2.60. The number of hydrogen-bond acceptors (Lipinski definition) is 2. The van der Waals surface area contributed by atoms with Gasteiger partial charge in [0.1, 0.15) is 6.61 Å². The third-order valence-electron chi connectivity index (χ3n) is 3.07. The van der Waals surface area contributed by atoms with Crippen molar-refractivity contribution >= 4 is 5.78 Å². The highest BCUT2D eigenvalue weighted by Gasteiger charge is 2.14. The van der Waals surface area contributed by atoms with E-state index in [2.05, 4.69) is 18.4 Å². The standard InChI is InChI=1S/C14H23NO2/c1-5-7-8-17-10-14(16)13-9-11(3)15(6-2)12(13)4/h9H,5-8,10H2,1-4H3. The normalized spacial score (nSPS) is 10.8. The molecule has 0 aliphatic carbocycles. The summed E-state index contributed by atoms with van der Waals surface area (Å²) in [5.74, 6) is 0.0916. The van der Waals surface area contributed by atoms with Gasteiger partial charge in [0.25, 0.3) is 0 Å². The molecule has 0 spiro atoms. The molecular formula is C14H23NO2. The number of hydrogen-bond donors (Lipinski definition) is 0. The monoisotopic (exact) mass is 237 g/mol. The summed E-state index contributed by atoms with van der Waals surface area (Å²) in [5, 5.41) is 0. The molecule has 0 atom stereocenters. The van der Waals surface area contributed by atoms with Crippen LogP contribution in [0.3, 0.4) is 0 Å². The van der Waals surface area contributed by atoms with Gasteiger partial charge >= 0.3 is 0 Å². The van der Waals surface area contributed by atoms with E-state index in [0.717, 1.165) is 36.3 Å². The number of aromatic nitrogens is 1. The van der Waals surface area contributed by atoms with Gasteiger partial charge in [-0.1, -0.05) is 13.3 Å². The van der Waals surface area contributed by atoms with Gasteiger partial charge in [-0.05, 0) is 33.3 Å². The predicted molar refractivity (Wildman–Crippen MR) is 69.6 cm³/mol. The van der Waals surface area contributed by atoms with Crippen molar-refractivity contribution in [3.05, 3.63) is 23.0 Å². The first-order valence-corrected chi connectivity index (χ1v) is 6.39. The smallest absolute Gasteiger partial charge is 0.190 e.